The third-order valence-electron chi connectivity index (χ3n) is 3.71. The molecule has 0 unspecified atom stereocenters. The number of carbonyl (C=O) groups excluding carboxylic acids is 1. The van der Waals surface area contributed by atoms with Crippen molar-refractivity contribution in [2.24, 2.45) is 0 Å². The molecule has 1 fully saturated rings. The maximum atomic E-state index is 12.8. The van der Waals surface area contributed by atoms with E-state index in [1.54, 1.807) is 6.07 Å². The van der Waals surface area contributed by atoms with Crippen LogP contribution in [0.15, 0.2) is 36.7 Å². The number of morpholine rings is 1. The normalized spacial score (nSPS) is 14.2. The lowest BCUT2D eigenvalue weighted by atomic mass is 10.2. The molecule has 1 aromatic carbocycles. The summed E-state index contributed by atoms with van der Waals surface area (Å²) in [7, 11) is 0. The molecular weight excluding hydrogens is 327 g/mol. The van der Waals surface area contributed by atoms with E-state index < -0.39 is 0 Å². The van der Waals surface area contributed by atoms with E-state index in [1.807, 2.05) is 0 Å². The number of nitrogens with one attached hydrogen (secondary N) is 1. The van der Waals surface area contributed by atoms with Gasteiger partial charge >= 0.3 is 0 Å². The smallest absolute Gasteiger partial charge is 0.251 e. The topological polar surface area (TPSA) is 76.6 Å². The summed E-state index contributed by atoms with van der Waals surface area (Å²) in [4.78, 5) is 22.3. The molecule has 0 saturated carbocycles. The molecule has 1 aromatic heterocycles. The Kier molecular flexibility index (Phi) is 5.73. The van der Waals surface area contributed by atoms with Gasteiger partial charge in [0.15, 0.2) is 0 Å². The number of rotatable bonds is 6. The number of hydrogen-bond acceptors (Lipinski definition) is 6. The van der Waals surface area contributed by atoms with Crippen molar-refractivity contribution < 1.29 is 18.7 Å². The fourth-order valence-electron chi connectivity index (χ4n) is 2.40. The predicted octanol–water partition coefficient (Wildman–Crippen LogP) is 1.26. The van der Waals surface area contributed by atoms with Gasteiger partial charge in [-0.2, -0.15) is 0 Å². The highest BCUT2D eigenvalue weighted by Crippen LogP contribution is 2.16. The van der Waals surface area contributed by atoms with Crippen LogP contribution in [0, 0.1) is 5.82 Å². The van der Waals surface area contributed by atoms with E-state index in [-0.39, 0.29) is 18.3 Å². The second kappa shape index (κ2) is 8.39. The van der Waals surface area contributed by atoms with Gasteiger partial charge in [0, 0.05) is 24.7 Å². The van der Waals surface area contributed by atoms with Crippen LogP contribution in [0.25, 0.3) is 0 Å². The number of amides is 1. The van der Waals surface area contributed by atoms with Crippen LogP contribution in [-0.2, 0) is 4.74 Å². The summed E-state index contributed by atoms with van der Waals surface area (Å²) in [5, 5.41) is 2.71. The third-order valence-corrected chi connectivity index (χ3v) is 3.71. The van der Waals surface area contributed by atoms with E-state index in [0.29, 0.717) is 31.2 Å². The molecule has 1 aliphatic heterocycles. The second-order valence-corrected chi connectivity index (χ2v) is 5.43. The third kappa shape index (κ3) is 4.87. The Bertz CT molecular complexity index is 705. The molecule has 1 amide bonds. The number of benzene rings is 1. The maximum absolute atomic E-state index is 12.8. The molecule has 0 aliphatic carbocycles. The predicted molar refractivity (Wildman–Crippen MR) is 89.3 cm³/mol. The molecule has 7 nitrogen and oxygen atoms in total. The van der Waals surface area contributed by atoms with Crippen LogP contribution in [0.3, 0.4) is 0 Å². The second-order valence-electron chi connectivity index (χ2n) is 5.43. The summed E-state index contributed by atoms with van der Waals surface area (Å²) in [5.41, 5.74) is 0.401. The maximum Gasteiger partial charge on any atom is 0.251 e. The highest BCUT2D eigenvalue weighted by molar-refractivity contribution is 5.94. The first-order valence-electron chi connectivity index (χ1n) is 8.04. The molecule has 0 radical (unpaired) electrons. The van der Waals surface area contributed by atoms with Crippen molar-refractivity contribution in [2.75, 3.05) is 44.4 Å². The summed E-state index contributed by atoms with van der Waals surface area (Å²) in [6, 6.07) is 7.14. The SMILES string of the molecule is O=C(NCCOc1cc(N2CCOCC2)ncn1)c1ccc(F)cc1. The molecule has 0 bridgehead atoms. The fraction of sp³-hybridized carbons (Fsp3) is 0.353. The summed E-state index contributed by atoms with van der Waals surface area (Å²) in [6.45, 7) is 3.50. The zero-order chi connectivity index (χ0) is 17.5. The quantitative estimate of drug-likeness (QED) is 0.794. The largest absolute Gasteiger partial charge is 0.476 e. The Balaban J connectivity index is 1.45. The van der Waals surface area contributed by atoms with Crippen molar-refractivity contribution in [1.29, 1.82) is 0 Å². The average Bonchev–Trinajstić information content (AvgIpc) is 2.66. The molecule has 0 atom stereocenters. The lowest BCUT2D eigenvalue weighted by Crippen LogP contribution is -2.36. The van der Waals surface area contributed by atoms with Gasteiger partial charge in [-0.1, -0.05) is 0 Å². The lowest BCUT2D eigenvalue weighted by Gasteiger charge is -2.27. The summed E-state index contributed by atoms with van der Waals surface area (Å²) in [5.74, 6) is 0.594. The first kappa shape index (κ1) is 17.1. The van der Waals surface area contributed by atoms with Crippen molar-refractivity contribution in [3.8, 4) is 5.88 Å². The molecule has 2 heterocycles. The van der Waals surface area contributed by atoms with Crippen molar-refractivity contribution in [2.45, 2.75) is 0 Å². The minimum atomic E-state index is -0.375. The van der Waals surface area contributed by atoms with Crippen LogP contribution < -0.4 is 15.0 Å². The zero-order valence-electron chi connectivity index (χ0n) is 13.7. The molecule has 2 aromatic rings. The van der Waals surface area contributed by atoms with Gasteiger partial charge in [0.05, 0.1) is 19.8 Å². The van der Waals surface area contributed by atoms with E-state index in [1.165, 1.54) is 30.6 Å². The van der Waals surface area contributed by atoms with Gasteiger partial charge in [0.2, 0.25) is 5.88 Å². The Morgan fingerprint density at radius 3 is 2.76 bits per heavy atom. The van der Waals surface area contributed by atoms with E-state index in [4.69, 9.17) is 9.47 Å². The lowest BCUT2D eigenvalue weighted by molar-refractivity contribution is 0.0946. The van der Waals surface area contributed by atoms with Gasteiger partial charge in [0.25, 0.3) is 5.91 Å². The molecule has 3 rings (SSSR count). The average molecular weight is 346 g/mol. The Morgan fingerprint density at radius 2 is 2.00 bits per heavy atom. The number of hydrogen-bond donors (Lipinski definition) is 1. The highest BCUT2D eigenvalue weighted by Gasteiger charge is 2.13. The monoisotopic (exact) mass is 346 g/mol. The van der Waals surface area contributed by atoms with Crippen LogP contribution in [0.1, 0.15) is 10.4 Å². The Morgan fingerprint density at radius 1 is 1.24 bits per heavy atom. The van der Waals surface area contributed by atoms with Gasteiger partial charge < -0.3 is 19.7 Å². The molecule has 25 heavy (non-hydrogen) atoms. The first-order valence-corrected chi connectivity index (χ1v) is 8.04. The van der Waals surface area contributed by atoms with Crippen LogP contribution in [0.4, 0.5) is 10.2 Å². The summed E-state index contributed by atoms with van der Waals surface area (Å²) >= 11 is 0. The number of aromatic nitrogens is 2. The molecule has 1 saturated heterocycles. The molecule has 0 spiro atoms. The Labute approximate surface area is 144 Å². The molecule has 8 heteroatoms. The van der Waals surface area contributed by atoms with E-state index in [9.17, 15) is 9.18 Å². The van der Waals surface area contributed by atoms with Crippen molar-refractivity contribution in [1.82, 2.24) is 15.3 Å². The fourth-order valence-corrected chi connectivity index (χ4v) is 2.40. The van der Waals surface area contributed by atoms with Gasteiger partial charge in [0.1, 0.15) is 24.6 Å². The standard InChI is InChI=1S/C17H19FN4O3/c18-14-3-1-13(2-4-14)17(23)19-5-8-25-16-11-15(20-12-21-16)22-6-9-24-10-7-22/h1-4,11-12H,5-10H2,(H,19,23). The number of nitrogens with zero attached hydrogens (tertiary/aromatic N) is 3. The summed E-state index contributed by atoms with van der Waals surface area (Å²) < 4.78 is 23.7. The molecule has 1 aliphatic rings. The van der Waals surface area contributed by atoms with E-state index >= 15 is 0 Å². The minimum absolute atomic E-state index is 0.270. The van der Waals surface area contributed by atoms with Crippen LogP contribution >= 0.6 is 0 Å². The number of carbonyl (C=O) groups is 1. The van der Waals surface area contributed by atoms with Crippen LogP contribution in [0.5, 0.6) is 5.88 Å². The molecular formula is C17H19FN4O3. The van der Waals surface area contributed by atoms with Gasteiger partial charge in [-0.25, -0.2) is 14.4 Å². The van der Waals surface area contributed by atoms with Crippen LogP contribution in [-0.4, -0.2) is 55.3 Å². The van der Waals surface area contributed by atoms with Crippen LogP contribution in [0.2, 0.25) is 0 Å². The van der Waals surface area contributed by atoms with Gasteiger partial charge in [-0.05, 0) is 24.3 Å². The highest BCUT2D eigenvalue weighted by atomic mass is 19.1. The van der Waals surface area contributed by atoms with Crippen molar-refractivity contribution in [3.05, 3.63) is 48.0 Å². The Hall–Kier alpha value is -2.74. The van der Waals surface area contributed by atoms with Gasteiger partial charge in [-0.15, -0.1) is 0 Å². The number of ether oxygens (including phenoxy) is 2. The zero-order valence-corrected chi connectivity index (χ0v) is 13.7. The molecule has 1 N–H and O–H groups in total. The number of halogens is 1. The number of anilines is 1. The van der Waals surface area contributed by atoms with E-state index in [0.717, 1.165) is 18.9 Å². The first-order chi connectivity index (χ1) is 12.2. The van der Waals surface area contributed by atoms with E-state index in [2.05, 4.69) is 20.2 Å². The van der Waals surface area contributed by atoms with Gasteiger partial charge in [-0.3, -0.25) is 4.79 Å². The molecule has 132 valence electrons. The summed E-state index contributed by atoms with van der Waals surface area (Å²) in [6.07, 6.45) is 1.46. The van der Waals surface area contributed by atoms with Crippen molar-refractivity contribution >= 4 is 11.7 Å². The minimum Gasteiger partial charge on any atom is -0.476 e. The van der Waals surface area contributed by atoms with Crippen molar-refractivity contribution in [3.63, 3.8) is 0 Å².